The first-order chi connectivity index (χ1) is 10.6. The molecule has 1 aliphatic rings. The predicted molar refractivity (Wildman–Crippen MR) is 87.1 cm³/mol. The molecule has 22 heavy (non-hydrogen) atoms. The van der Waals surface area contributed by atoms with E-state index in [2.05, 4.69) is 24.5 Å². The van der Waals surface area contributed by atoms with Gasteiger partial charge in [0, 0.05) is 0 Å². The standard InChI is InChI=1S/C17H26N2O3/c1-12(2)9-14(10-20)18-17(21)19-15-5-3-4-6-16(15)22-11-13-7-8-13/h3-6,12-14,20H,7-11H2,1-2H3,(H2,18,19,21). The summed E-state index contributed by atoms with van der Waals surface area (Å²) in [5.41, 5.74) is 0.655. The molecule has 0 aliphatic heterocycles. The Morgan fingerprint density at radius 2 is 2.09 bits per heavy atom. The first-order valence-electron chi connectivity index (χ1n) is 7.98. The number of para-hydroxylation sites is 2. The van der Waals surface area contributed by atoms with E-state index in [-0.39, 0.29) is 18.7 Å². The van der Waals surface area contributed by atoms with E-state index in [1.807, 2.05) is 24.3 Å². The molecule has 1 saturated carbocycles. The van der Waals surface area contributed by atoms with E-state index >= 15 is 0 Å². The van der Waals surface area contributed by atoms with Crippen molar-refractivity contribution in [2.75, 3.05) is 18.5 Å². The van der Waals surface area contributed by atoms with Crippen LogP contribution in [0.5, 0.6) is 5.75 Å². The van der Waals surface area contributed by atoms with Crippen LogP contribution in [0.1, 0.15) is 33.1 Å². The van der Waals surface area contributed by atoms with Crippen molar-refractivity contribution in [3.05, 3.63) is 24.3 Å². The van der Waals surface area contributed by atoms with Crippen LogP contribution in [0.25, 0.3) is 0 Å². The Labute approximate surface area is 132 Å². The number of hydrogen-bond acceptors (Lipinski definition) is 3. The number of hydrogen-bond donors (Lipinski definition) is 3. The second-order valence-corrected chi connectivity index (χ2v) is 6.36. The summed E-state index contributed by atoms with van der Waals surface area (Å²) < 4.78 is 5.77. The van der Waals surface area contributed by atoms with Gasteiger partial charge in [-0.2, -0.15) is 0 Å². The number of nitrogens with one attached hydrogen (secondary N) is 2. The minimum absolute atomic E-state index is 0.0641. The van der Waals surface area contributed by atoms with Gasteiger partial charge < -0.3 is 20.5 Å². The Kier molecular flexibility index (Phi) is 6.07. The lowest BCUT2D eigenvalue weighted by Crippen LogP contribution is -2.41. The Hall–Kier alpha value is -1.75. The molecule has 3 N–H and O–H groups in total. The van der Waals surface area contributed by atoms with E-state index in [1.165, 1.54) is 12.8 Å². The number of amides is 2. The van der Waals surface area contributed by atoms with Crippen LogP contribution in [-0.2, 0) is 0 Å². The van der Waals surface area contributed by atoms with Crippen molar-refractivity contribution >= 4 is 11.7 Å². The van der Waals surface area contributed by atoms with Gasteiger partial charge in [-0.05, 0) is 43.2 Å². The van der Waals surface area contributed by atoms with Gasteiger partial charge in [-0.1, -0.05) is 26.0 Å². The van der Waals surface area contributed by atoms with Crippen LogP contribution in [0.4, 0.5) is 10.5 Å². The lowest BCUT2D eigenvalue weighted by Gasteiger charge is -2.19. The number of ether oxygens (including phenoxy) is 1. The fourth-order valence-electron chi connectivity index (χ4n) is 2.28. The molecule has 1 aromatic rings. The van der Waals surface area contributed by atoms with Gasteiger partial charge in [0.05, 0.1) is 24.9 Å². The molecule has 0 bridgehead atoms. The van der Waals surface area contributed by atoms with Crippen LogP contribution < -0.4 is 15.4 Å². The highest BCUT2D eigenvalue weighted by atomic mass is 16.5. The monoisotopic (exact) mass is 306 g/mol. The van der Waals surface area contributed by atoms with E-state index in [0.717, 1.165) is 6.42 Å². The van der Waals surface area contributed by atoms with Crippen molar-refractivity contribution in [2.45, 2.75) is 39.2 Å². The highest BCUT2D eigenvalue weighted by molar-refractivity contribution is 5.91. The first kappa shape index (κ1) is 16.6. The lowest BCUT2D eigenvalue weighted by molar-refractivity contribution is 0.214. The van der Waals surface area contributed by atoms with E-state index in [1.54, 1.807) is 0 Å². The van der Waals surface area contributed by atoms with Crippen LogP contribution in [0.3, 0.4) is 0 Å². The summed E-state index contributed by atoms with van der Waals surface area (Å²) in [7, 11) is 0. The molecule has 2 amide bonds. The van der Waals surface area contributed by atoms with Crippen LogP contribution >= 0.6 is 0 Å². The molecule has 0 spiro atoms. The molecule has 0 heterocycles. The summed E-state index contributed by atoms with van der Waals surface area (Å²) >= 11 is 0. The summed E-state index contributed by atoms with van der Waals surface area (Å²) in [6, 6.07) is 6.87. The van der Waals surface area contributed by atoms with Crippen molar-refractivity contribution in [2.24, 2.45) is 11.8 Å². The summed E-state index contributed by atoms with van der Waals surface area (Å²) in [6.07, 6.45) is 3.19. The number of carbonyl (C=O) groups excluding carboxylic acids is 1. The number of carbonyl (C=O) groups is 1. The molecule has 0 saturated heterocycles. The zero-order valence-corrected chi connectivity index (χ0v) is 13.3. The average molecular weight is 306 g/mol. The van der Waals surface area contributed by atoms with Crippen molar-refractivity contribution in [3.8, 4) is 5.75 Å². The Morgan fingerprint density at radius 3 is 2.73 bits per heavy atom. The van der Waals surface area contributed by atoms with Crippen LogP contribution in [-0.4, -0.2) is 30.4 Å². The summed E-state index contributed by atoms with van der Waals surface area (Å²) in [5.74, 6) is 1.76. The minimum atomic E-state index is -0.317. The average Bonchev–Trinajstić information content (AvgIpc) is 3.29. The number of urea groups is 1. The summed E-state index contributed by atoms with van der Waals surface area (Å²) in [4.78, 5) is 12.1. The predicted octanol–water partition coefficient (Wildman–Crippen LogP) is 3.00. The SMILES string of the molecule is CC(C)CC(CO)NC(=O)Nc1ccccc1OCC1CC1. The molecule has 122 valence electrons. The molecular formula is C17H26N2O3. The highest BCUT2D eigenvalue weighted by Gasteiger charge is 2.22. The number of benzene rings is 1. The van der Waals surface area contributed by atoms with Gasteiger partial charge in [0.1, 0.15) is 5.75 Å². The molecule has 1 aliphatic carbocycles. The first-order valence-corrected chi connectivity index (χ1v) is 7.98. The molecule has 2 rings (SSSR count). The smallest absolute Gasteiger partial charge is 0.319 e. The zero-order valence-electron chi connectivity index (χ0n) is 13.3. The summed E-state index contributed by atoms with van der Waals surface area (Å²) in [5, 5.41) is 14.9. The minimum Gasteiger partial charge on any atom is -0.491 e. The van der Waals surface area contributed by atoms with Gasteiger partial charge in [-0.25, -0.2) is 4.79 Å². The molecule has 1 unspecified atom stereocenters. The second-order valence-electron chi connectivity index (χ2n) is 6.36. The third kappa shape index (κ3) is 5.56. The van der Waals surface area contributed by atoms with Gasteiger partial charge in [0.25, 0.3) is 0 Å². The van der Waals surface area contributed by atoms with Crippen molar-refractivity contribution < 1.29 is 14.6 Å². The van der Waals surface area contributed by atoms with E-state index in [4.69, 9.17) is 4.74 Å². The van der Waals surface area contributed by atoms with Gasteiger partial charge in [0.2, 0.25) is 0 Å². The fourth-order valence-corrected chi connectivity index (χ4v) is 2.28. The quantitative estimate of drug-likeness (QED) is 0.691. The Morgan fingerprint density at radius 1 is 1.36 bits per heavy atom. The maximum atomic E-state index is 12.1. The molecule has 0 radical (unpaired) electrons. The van der Waals surface area contributed by atoms with E-state index in [9.17, 15) is 9.90 Å². The van der Waals surface area contributed by atoms with Crippen molar-refractivity contribution in [1.29, 1.82) is 0 Å². The Balaban J connectivity index is 1.89. The highest BCUT2D eigenvalue weighted by Crippen LogP contribution is 2.31. The fraction of sp³-hybridized carbons (Fsp3) is 0.588. The molecule has 1 atom stereocenters. The number of aliphatic hydroxyl groups is 1. The van der Waals surface area contributed by atoms with Crippen LogP contribution in [0.2, 0.25) is 0 Å². The third-order valence-corrected chi connectivity index (χ3v) is 3.62. The molecular weight excluding hydrogens is 280 g/mol. The topological polar surface area (TPSA) is 70.6 Å². The number of rotatable bonds is 8. The van der Waals surface area contributed by atoms with E-state index in [0.29, 0.717) is 29.9 Å². The van der Waals surface area contributed by atoms with Gasteiger partial charge in [-0.3, -0.25) is 0 Å². The molecule has 0 aromatic heterocycles. The van der Waals surface area contributed by atoms with Crippen LogP contribution in [0.15, 0.2) is 24.3 Å². The van der Waals surface area contributed by atoms with E-state index < -0.39 is 0 Å². The number of aliphatic hydroxyl groups excluding tert-OH is 1. The maximum absolute atomic E-state index is 12.1. The molecule has 1 aromatic carbocycles. The van der Waals surface area contributed by atoms with Gasteiger partial charge in [-0.15, -0.1) is 0 Å². The second kappa shape index (κ2) is 8.03. The van der Waals surface area contributed by atoms with Crippen LogP contribution in [0, 0.1) is 11.8 Å². The maximum Gasteiger partial charge on any atom is 0.319 e. The Bertz CT molecular complexity index is 487. The van der Waals surface area contributed by atoms with Gasteiger partial charge >= 0.3 is 6.03 Å². The molecule has 5 heteroatoms. The zero-order chi connectivity index (χ0) is 15.9. The lowest BCUT2D eigenvalue weighted by atomic mass is 10.0. The molecule has 5 nitrogen and oxygen atoms in total. The normalized spacial score (nSPS) is 15.5. The summed E-state index contributed by atoms with van der Waals surface area (Å²) in [6.45, 7) is 4.75. The largest absolute Gasteiger partial charge is 0.491 e. The molecule has 1 fully saturated rings. The number of anilines is 1. The third-order valence-electron chi connectivity index (χ3n) is 3.62. The van der Waals surface area contributed by atoms with Gasteiger partial charge in [0.15, 0.2) is 0 Å². The van der Waals surface area contributed by atoms with Crippen molar-refractivity contribution in [3.63, 3.8) is 0 Å². The van der Waals surface area contributed by atoms with Crippen molar-refractivity contribution in [1.82, 2.24) is 5.32 Å².